The van der Waals surface area contributed by atoms with Gasteiger partial charge in [-0.05, 0) is 51.2 Å². The summed E-state index contributed by atoms with van der Waals surface area (Å²) in [5, 5.41) is 0.145. The Bertz CT molecular complexity index is 438. The van der Waals surface area contributed by atoms with Crippen molar-refractivity contribution in [1.82, 2.24) is 0 Å². The van der Waals surface area contributed by atoms with E-state index >= 15 is 0 Å². The third-order valence-corrected chi connectivity index (χ3v) is 9.95. The van der Waals surface area contributed by atoms with Gasteiger partial charge in [-0.15, -0.1) is 0 Å². The van der Waals surface area contributed by atoms with Crippen LogP contribution in [-0.2, 0) is 18.7 Å². The third-order valence-electron chi connectivity index (χ3n) is 5.45. The molecule has 4 nitrogen and oxygen atoms in total. The molecule has 0 radical (unpaired) electrons. The second-order valence-electron chi connectivity index (χ2n) is 8.70. The van der Waals surface area contributed by atoms with Crippen molar-refractivity contribution in [2.24, 2.45) is 0 Å². The number of ketones is 1. The van der Waals surface area contributed by atoms with Crippen molar-refractivity contribution in [3.8, 4) is 0 Å². The van der Waals surface area contributed by atoms with E-state index in [4.69, 9.17) is 13.9 Å². The van der Waals surface area contributed by atoms with E-state index in [1.165, 1.54) is 0 Å². The summed E-state index contributed by atoms with van der Waals surface area (Å²) < 4.78 is 18.5. The van der Waals surface area contributed by atoms with Gasteiger partial charge in [0, 0.05) is 6.42 Å². The summed E-state index contributed by atoms with van der Waals surface area (Å²) in [7, 11) is -1.87. The molecule has 0 aromatic heterocycles. The van der Waals surface area contributed by atoms with Crippen LogP contribution in [-0.4, -0.2) is 38.2 Å². The molecule has 2 aliphatic rings. The number of carbonyl (C=O) groups is 1. The van der Waals surface area contributed by atoms with Gasteiger partial charge in [0.05, 0.1) is 6.61 Å². The summed E-state index contributed by atoms with van der Waals surface area (Å²) in [4.78, 5) is 12.6. The largest absolute Gasteiger partial charge is 0.414 e. The molecule has 2 fully saturated rings. The number of carbonyl (C=O) groups excluding carboxylic acids is 1. The first-order valence-corrected chi connectivity index (χ1v) is 11.4. The zero-order valence-corrected chi connectivity index (χ0v) is 16.2. The molecule has 2 atom stereocenters. The van der Waals surface area contributed by atoms with Crippen LogP contribution in [0.4, 0.5) is 0 Å². The van der Waals surface area contributed by atoms with E-state index in [1.54, 1.807) is 0 Å². The van der Waals surface area contributed by atoms with Crippen molar-refractivity contribution in [1.29, 1.82) is 0 Å². The highest BCUT2D eigenvalue weighted by molar-refractivity contribution is 6.74. The molecule has 2 rings (SSSR count). The van der Waals surface area contributed by atoms with Crippen LogP contribution in [0.5, 0.6) is 0 Å². The molecule has 1 spiro atoms. The predicted molar refractivity (Wildman–Crippen MR) is 89.4 cm³/mol. The zero-order valence-electron chi connectivity index (χ0n) is 15.2. The molecule has 0 bridgehead atoms. The van der Waals surface area contributed by atoms with Crippen LogP contribution in [0.25, 0.3) is 0 Å². The Balaban J connectivity index is 2.16. The van der Waals surface area contributed by atoms with E-state index in [1.807, 2.05) is 13.8 Å². The summed E-state index contributed by atoms with van der Waals surface area (Å²) in [6.45, 7) is 15.3. The Morgan fingerprint density at radius 2 is 1.91 bits per heavy atom. The van der Waals surface area contributed by atoms with Gasteiger partial charge >= 0.3 is 0 Å². The molecule has 1 heterocycles. The molecule has 1 aliphatic heterocycles. The molecule has 0 unspecified atom stereocenters. The van der Waals surface area contributed by atoms with Gasteiger partial charge in [0.15, 0.2) is 25.5 Å². The fourth-order valence-electron chi connectivity index (χ4n) is 3.11. The maximum absolute atomic E-state index is 12.6. The van der Waals surface area contributed by atoms with Gasteiger partial charge in [0.25, 0.3) is 0 Å². The molecule has 0 amide bonds. The van der Waals surface area contributed by atoms with Crippen LogP contribution in [0, 0.1) is 0 Å². The monoisotopic (exact) mass is 328 g/mol. The van der Waals surface area contributed by atoms with Gasteiger partial charge in [-0.1, -0.05) is 20.8 Å². The molecule has 1 saturated heterocycles. The predicted octanol–water partition coefficient (Wildman–Crippen LogP) is 4.04. The lowest BCUT2D eigenvalue weighted by Crippen LogP contribution is -2.53. The van der Waals surface area contributed by atoms with Crippen molar-refractivity contribution in [2.75, 3.05) is 6.61 Å². The molecule has 1 saturated carbocycles. The van der Waals surface area contributed by atoms with Gasteiger partial charge in [-0.2, -0.15) is 0 Å². The van der Waals surface area contributed by atoms with Gasteiger partial charge in [0.1, 0.15) is 6.10 Å². The Labute approximate surface area is 136 Å². The Hall–Kier alpha value is -0.233. The average Bonchev–Trinajstić information content (AvgIpc) is 2.61. The van der Waals surface area contributed by atoms with Crippen LogP contribution in [0.1, 0.15) is 60.3 Å². The van der Waals surface area contributed by atoms with Crippen LogP contribution < -0.4 is 0 Å². The number of hydrogen-bond donors (Lipinski definition) is 0. The minimum atomic E-state index is -1.87. The van der Waals surface area contributed by atoms with Crippen molar-refractivity contribution in [3.05, 3.63) is 0 Å². The standard InChI is InChI=1S/C17H32O4Si/c1-15(2,3)22(6,7)19-12-14-17(21-16(4,5)20-14)11-9-8-10-13(17)18/h14H,8-12H2,1-7H3/t14-,17-/m1/s1. The summed E-state index contributed by atoms with van der Waals surface area (Å²) in [6.07, 6.45) is 3.03. The maximum atomic E-state index is 12.6. The lowest BCUT2D eigenvalue weighted by molar-refractivity contribution is -0.176. The lowest BCUT2D eigenvalue weighted by Gasteiger charge is -2.39. The summed E-state index contributed by atoms with van der Waals surface area (Å²) >= 11 is 0. The first-order valence-electron chi connectivity index (χ1n) is 8.45. The van der Waals surface area contributed by atoms with Gasteiger partial charge in [0.2, 0.25) is 0 Å². The Morgan fingerprint density at radius 1 is 1.27 bits per heavy atom. The third kappa shape index (κ3) is 3.32. The van der Waals surface area contributed by atoms with Crippen molar-refractivity contribution in [2.45, 2.75) is 95.9 Å². The van der Waals surface area contributed by atoms with E-state index in [2.05, 4.69) is 33.9 Å². The molecule has 0 aromatic carbocycles. The topological polar surface area (TPSA) is 44.8 Å². The van der Waals surface area contributed by atoms with E-state index in [0.29, 0.717) is 13.0 Å². The van der Waals surface area contributed by atoms with Crippen LogP contribution in [0.2, 0.25) is 18.1 Å². The molecule has 128 valence electrons. The van der Waals surface area contributed by atoms with E-state index in [9.17, 15) is 4.79 Å². The number of hydrogen-bond acceptors (Lipinski definition) is 4. The normalized spacial score (nSPS) is 32.7. The fourth-order valence-corrected chi connectivity index (χ4v) is 4.11. The lowest BCUT2D eigenvalue weighted by atomic mass is 9.80. The highest BCUT2D eigenvalue weighted by Gasteiger charge is 2.58. The second-order valence-corrected chi connectivity index (χ2v) is 13.5. The second kappa shape index (κ2) is 5.69. The first kappa shape index (κ1) is 18.1. The van der Waals surface area contributed by atoms with E-state index in [-0.39, 0.29) is 16.9 Å². The van der Waals surface area contributed by atoms with Crippen LogP contribution in [0.15, 0.2) is 0 Å². The highest BCUT2D eigenvalue weighted by Crippen LogP contribution is 2.45. The zero-order chi connectivity index (χ0) is 16.8. The molecule has 0 aromatic rings. The molecule has 5 heteroatoms. The Morgan fingerprint density at radius 3 is 2.45 bits per heavy atom. The molecular weight excluding hydrogens is 296 g/mol. The van der Waals surface area contributed by atoms with Crippen molar-refractivity contribution in [3.63, 3.8) is 0 Å². The average molecular weight is 329 g/mol. The van der Waals surface area contributed by atoms with Crippen molar-refractivity contribution >= 4 is 14.1 Å². The first-order chi connectivity index (χ1) is 9.90. The number of ether oxygens (including phenoxy) is 2. The summed E-state index contributed by atoms with van der Waals surface area (Å²) in [6, 6.07) is 0. The maximum Gasteiger partial charge on any atom is 0.192 e. The SMILES string of the molecule is CC1(C)O[C@H](CO[Si](C)(C)C(C)(C)C)[C@]2(CCCCC2=O)O1. The molecule has 0 N–H and O–H groups in total. The van der Waals surface area contributed by atoms with Gasteiger partial charge in [-0.25, -0.2) is 0 Å². The van der Waals surface area contributed by atoms with Crippen LogP contribution >= 0.6 is 0 Å². The van der Waals surface area contributed by atoms with Crippen molar-refractivity contribution < 1.29 is 18.7 Å². The quantitative estimate of drug-likeness (QED) is 0.733. The summed E-state index contributed by atoms with van der Waals surface area (Å²) in [5.41, 5.74) is -0.788. The highest BCUT2D eigenvalue weighted by atomic mass is 28.4. The smallest absolute Gasteiger partial charge is 0.192 e. The van der Waals surface area contributed by atoms with E-state index < -0.39 is 19.7 Å². The molecule has 1 aliphatic carbocycles. The number of Topliss-reactive ketones (excluding diaryl/α,β-unsaturated/α-hetero) is 1. The number of rotatable bonds is 3. The minimum Gasteiger partial charge on any atom is -0.414 e. The Kier molecular flexibility index (Phi) is 4.68. The molecular formula is C17H32O4Si. The van der Waals surface area contributed by atoms with E-state index in [0.717, 1.165) is 19.3 Å². The fraction of sp³-hybridized carbons (Fsp3) is 0.941. The van der Waals surface area contributed by atoms with Gasteiger partial charge in [-0.3, -0.25) is 4.79 Å². The van der Waals surface area contributed by atoms with Crippen LogP contribution in [0.3, 0.4) is 0 Å². The van der Waals surface area contributed by atoms with Gasteiger partial charge < -0.3 is 13.9 Å². The minimum absolute atomic E-state index is 0.145. The molecule has 22 heavy (non-hydrogen) atoms. The summed E-state index contributed by atoms with van der Waals surface area (Å²) in [5.74, 6) is -0.526.